The molecule has 30 heavy (non-hydrogen) atoms. The molecule has 4 heterocycles. The predicted molar refractivity (Wildman–Crippen MR) is 109 cm³/mol. The summed E-state index contributed by atoms with van der Waals surface area (Å²) in [5.41, 5.74) is 4.31. The Hall–Kier alpha value is -3.23. The summed E-state index contributed by atoms with van der Waals surface area (Å²) >= 11 is 0. The molecule has 2 aliphatic heterocycles. The van der Waals surface area contributed by atoms with Gasteiger partial charge in [0.2, 0.25) is 10.0 Å². The second kappa shape index (κ2) is 6.93. The van der Waals surface area contributed by atoms with Gasteiger partial charge in [-0.1, -0.05) is 12.1 Å². The maximum atomic E-state index is 11.9. The highest BCUT2D eigenvalue weighted by Gasteiger charge is 2.37. The van der Waals surface area contributed by atoms with Gasteiger partial charge in [-0.15, -0.1) is 0 Å². The van der Waals surface area contributed by atoms with E-state index in [1.165, 1.54) is 10.6 Å². The lowest BCUT2D eigenvalue weighted by atomic mass is 9.82. The van der Waals surface area contributed by atoms with Crippen molar-refractivity contribution in [3.8, 4) is 0 Å². The predicted octanol–water partition coefficient (Wildman–Crippen LogP) is 2.31. The number of benzene rings is 1. The van der Waals surface area contributed by atoms with Gasteiger partial charge in [-0.05, 0) is 40.7 Å². The van der Waals surface area contributed by atoms with E-state index in [0.717, 1.165) is 22.6 Å². The number of fused-ring (bicyclic) bond motifs is 2. The van der Waals surface area contributed by atoms with Gasteiger partial charge in [0, 0.05) is 24.4 Å². The van der Waals surface area contributed by atoms with Gasteiger partial charge in [0.1, 0.15) is 16.9 Å². The Labute approximate surface area is 172 Å². The summed E-state index contributed by atoms with van der Waals surface area (Å²) in [6.07, 6.45) is 4.23. The number of hydrogen-bond donors (Lipinski definition) is 2. The van der Waals surface area contributed by atoms with Crippen LogP contribution in [0.25, 0.3) is 15.9 Å². The fraction of sp³-hybridized carbons (Fsp3) is 0.368. The molecular formula is C19H19N7O3S. The van der Waals surface area contributed by atoms with Crippen LogP contribution in [0.5, 0.6) is 0 Å². The summed E-state index contributed by atoms with van der Waals surface area (Å²) in [6.45, 7) is 8.83. The fourth-order valence-electron chi connectivity index (χ4n) is 4.40. The van der Waals surface area contributed by atoms with Crippen molar-refractivity contribution < 1.29 is 13.0 Å². The van der Waals surface area contributed by atoms with Gasteiger partial charge in [-0.3, -0.25) is 5.10 Å². The van der Waals surface area contributed by atoms with Gasteiger partial charge < -0.3 is 5.32 Å². The van der Waals surface area contributed by atoms with Crippen molar-refractivity contribution in [1.29, 1.82) is 0 Å². The Kier molecular flexibility index (Phi) is 4.34. The van der Waals surface area contributed by atoms with Crippen molar-refractivity contribution in [2.45, 2.75) is 18.8 Å². The van der Waals surface area contributed by atoms with Gasteiger partial charge in [0.05, 0.1) is 24.9 Å². The zero-order chi connectivity index (χ0) is 20.9. The molecule has 10 nitrogen and oxygen atoms in total. The van der Waals surface area contributed by atoms with E-state index in [1.807, 2.05) is 18.2 Å². The van der Waals surface area contributed by atoms with Gasteiger partial charge in [0.25, 0.3) is 0 Å². The zero-order valence-corrected chi connectivity index (χ0v) is 17.0. The number of nitrogens with one attached hydrogen (secondary N) is 2. The second-order valence-corrected chi connectivity index (χ2v) is 9.57. The Morgan fingerprint density at radius 3 is 2.77 bits per heavy atom. The van der Waals surface area contributed by atoms with Crippen molar-refractivity contribution in [3.05, 3.63) is 58.3 Å². The molecule has 0 aliphatic carbocycles. The normalized spacial score (nSPS) is 20.7. The monoisotopic (exact) mass is 425 g/mol. The number of anilines is 1. The van der Waals surface area contributed by atoms with Crippen LogP contribution in [0, 0.1) is 12.5 Å². The third-order valence-corrected chi connectivity index (χ3v) is 7.17. The average molecular weight is 425 g/mol. The summed E-state index contributed by atoms with van der Waals surface area (Å²) in [5.74, 6) is 0.415. The third-order valence-electron chi connectivity index (χ3n) is 5.87. The zero-order valence-electron chi connectivity index (χ0n) is 16.2. The molecule has 3 aromatic rings. The van der Waals surface area contributed by atoms with Gasteiger partial charge >= 0.3 is 0 Å². The molecule has 1 unspecified atom stereocenters. The van der Waals surface area contributed by atoms with Crippen LogP contribution in [-0.4, -0.2) is 52.6 Å². The molecule has 2 aliphatic rings. The minimum Gasteiger partial charge on any atom is -0.354 e. The van der Waals surface area contributed by atoms with Crippen molar-refractivity contribution in [2.24, 2.45) is 5.92 Å². The van der Waals surface area contributed by atoms with Crippen LogP contribution in [0.3, 0.4) is 0 Å². The van der Waals surface area contributed by atoms with Crippen molar-refractivity contribution in [2.75, 3.05) is 24.7 Å². The van der Waals surface area contributed by atoms with Crippen molar-refractivity contribution in [3.63, 3.8) is 0 Å². The smallest absolute Gasteiger partial charge is 0.211 e. The molecule has 2 N–H and O–H groups in total. The summed E-state index contributed by atoms with van der Waals surface area (Å²) in [7, 11) is -3.22. The molecule has 0 radical (unpaired) electrons. The molecule has 0 amide bonds. The van der Waals surface area contributed by atoms with Crippen LogP contribution in [0.15, 0.2) is 40.4 Å². The molecule has 0 bridgehead atoms. The lowest BCUT2D eigenvalue weighted by Crippen LogP contribution is -2.39. The van der Waals surface area contributed by atoms with E-state index < -0.39 is 10.0 Å². The SMILES string of the molecule is [C-]#[N+]C1=C(C2CCN(S(C)(=O)=O)CC2)Nc2[nH]ncc2C1c1cccc2nonc12. The number of allylic oxidation sites excluding steroid dienone is 2. The Balaban J connectivity index is 1.60. The number of aromatic amines is 1. The minimum absolute atomic E-state index is 0.0423. The minimum atomic E-state index is -3.22. The maximum absolute atomic E-state index is 11.9. The van der Waals surface area contributed by atoms with E-state index in [4.69, 9.17) is 11.2 Å². The summed E-state index contributed by atoms with van der Waals surface area (Å²) in [5, 5.41) is 18.5. The fourth-order valence-corrected chi connectivity index (χ4v) is 5.28. The summed E-state index contributed by atoms with van der Waals surface area (Å²) in [6, 6.07) is 5.61. The molecule has 1 aromatic carbocycles. The lowest BCUT2D eigenvalue weighted by Gasteiger charge is -2.35. The van der Waals surface area contributed by atoms with E-state index in [0.29, 0.717) is 42.7 Å². The van der Waals surface area contributed by atoms with Gasteiger partial charge in [-0.25, -0.2) is 22.2 Å². The second-order valence-electron chi connectivity index (χ2n) is 7.58. The number of rotatable bonds is 3. The number of H-pyrrole nitrogens is 1. The number of sulfonamides is 1. The van der Waals surface area contributed by atoms with E-state index in [-0.39, 0.29) is 11.8 Å². The highest BCUT2D eigenvalue weighted by molar-refractivity contribution is 7.88. The van der Waals surface area contributed by atoms with Crippen LogP contribution in [-0.2, 0) is 10.0 Å². The lowest BCUT2D eigenvalue weighted by molar-refractivity contribution is 0.299. The van der Waals surface area contributed by atoms with Crippen LogP contribution >= 0.6 is 0 Å². The molecule has 11 heteroatoms. The number of hydrogen-bond acceptors (Lipinski definition) is 7. The first-order valence-electron chi connectivity index (χ1n) is 9.55. The van der Waals surface area contributed by atoms with Crippen molar-refractivity contribution in [1.82, 2.24) is 24.8 Å². The average Bonchev–Trinajstić information content (AvgIpc) is 3.40. The third kappa shape index (κ3) is 2.96. The van der Waals surface area contributed by atoms with Crippen LogP contribution in [0.4, 0.5) is 5.82 Å². The van der Waals surface area contributed by atoms with E-state index in [9.17, 15) is 8.42 Å². The molecule has 2 aromatic heterocycles. The van der Waals surface area contributed by atoms with E-state index in [2.05, 4.69) is 30.7 Å². The highest BCUT2D eigenvalue weighted by atomic mass is 32.2. The van der Waals surface area contributed by atoms with E-state index >= 15 is 0 Å². The first-order chi connectivity index (χ1) is 14.5. The van der Waals surface area contributed by atoms with Crippen LogP contribution in [0.1, 0.15) is 29.9 Å². The van der Waals surface area contributed by atoms with Gasteiger partial charge in [0.15, 0.2) is 5.70 Å². The molecule has 5 rings (SSSR count). The molecule has 0 spiro atoms. The van der Waals surface area contributed by atoms with Gasteiger partial charge in [-0.2, -0.15) is 5.10 Å². The maximum Gasteiger partial charge on any atom is 0.211 e. The molecule has 154 valence electrons. The number of nitrogens with zero attached hydrogens (tertiary/aromatic N) is 5. The van der Waals surface area contributed by atoms with Crippen molar-refractivity contribution >= 4 is 26.9 Å². The molecule has 1 atom stereocenters. The highest BCUT2D eigenvalue weighted by Crippen LogP contribution is 2.45. The topological polar surface area (TPSA) is 121 Å². The standard InChI is InChI=1S/C19H19N7O3S/c1-20-18-15(12-4-3-5-14-17(12)25-29-24-14)13-10-21-23-19(13)22-16(18)11-6-8-26(9-7-11)30(2,27)28/h3-5,10-11,15H,6-9H2,2H3,(H2,21,22,23). The number of piperidine rings is 1. The molecule has 1 saturated heterocycles. The Morgan fingerprint density at radius 2 is 2.03 bits per heavy atom. The Bertz CT molecular complexity index is 1290. The quantitative estimate of drug-likeness (QED) is 0.618. The molecule has 0 saturated carbocycles. The van der Waals surface area contributed by atoms with Crippen LogP contribution in [0.2, 0.25) is 0 Å². The van der Waals surface area contributed by atoms with Crippen LogP contribution < -0.4 is 5.32 Å². The molecular weight excluding hydrogens is 406 g/mol. The molecule has 1 fully saturated rings. The Morgan fingerprint density at radius 1 is 1.23 bits per heavy atom. The first-order valence-corrected chi connectivity index (χ1v) is 11.4. The van der Waals surface area contributed by atoms with E-state index in [1.54, 1.807) is 6.20 Å². The summed E-state index contributed by atoms with van der Waals surface area (Å²) in [4.78, 5) is 3.91. The first kappa shape index (κ1) is 18.8. The largest absolute Gasteiger partial charge is 0.354 e. The summed E-state index contributed by atoms with van der Waals surface area (Å²) < 4.78 is 30.2. The number of aromatic nitrogens is 4.